The molecule has 1 aliphatic heterocycles. The number of carbonyl (C=O) groups is 5. The first kappa shape index (κ1) is 60.5. The molecule has 7 N–H and O–H groups in total. The van der Waals surface area contributed by atoms with Crippen LogP contribution in [0.4, 0.5) is 0 Å². The number of quaternary nitrogens is 4. The van der Waals surface area contributed by atoms with Gasteiger partial charge in [-0.25, -0.2) is 0 Å². The lowest BCUT2D eigenvalue weighted by Gasteiger charge is -2.29. The van der Waals surface area contributed by atoms with Gasteiger partial charge in [-0.2, -0.15) is 0 Å². The predicted molar refractivity (Wildman–Crippen MR) is 184 cm³/mol. The smallest absolute Gasteiger partial charge is 0.246 e. The Kier molecular flexibility index (Phi) is 36.1. The van der Waals surface area contributed by atoms with Crippen LogP contribution in [0.3, 0.4) is 0 Å². The summed E-state index contributed by atoms with van der Waals surface area (Å²) in [6.45, 7) is 4.28. The standard InChI is InChI=1S/C6H8O7.4C5H14NO.C4H7N3O.CH2O2/c7-3(8)1-6(13,5(11)12)2-4(9)10;4*1-6(2,3)4-5-7;1-7-2-3(8)6-4(7)5;2-1-3/h13H,1-2H2,(H,7,8)(H,9,10)(H,11,12);4*7H,4-5H2,1-3H3;2H2,1H3,(H2,5,6,8);1H,(H,2,3)/q;4*+1;;/p-4. The molecular formula is C31H69N7O14. The van der Waals surface area contributed by atoms with Crippen LogP contribution in [-0.4, -0.2) is 241 Å². The van der Waals surface area contributed by atoms with Crippen LogP contribution in [0.5, 0.6) is 0 Å². The number of hydrogen-bond acceptors (Lipinski definition) is 15. The lowest BCUT2D eigenvalue weighted by molar-refractivity contribution is -0.870. The van der Waals surface area contributed by atoms with Gasteiger partial charge in [0.1, 0.15) is 31.8 Å². The summed E-state index contributed by atoms with van der Waals surface area (Å²) >= 11 is 0. The summed E-state index contributed by atoms with van der Waals surface area (Å²) in [6.07, 6.45) is -2.72. The minimum atomic E-state index is -2.97. The third-order valence-electron chi connectivity index (χ3n) is 5.36. The fourth-order valence-corrected chi connectivity index (χ4v) is 2.45. The van der Waals surface area contributed by atoms with Gasteiger partial charge in [0.15, 0.2) is 5.96 Å². The van der Waals surface area contributed by atoms with E-state index in [0.29, 0.717) is 6.54 Å². The van der Waals surface area contributed by atoms with Gasteiger partial charge < -0.3 is 88.0 Å². The van der Waals surface area contributed by atoms with E-state index >= 15 is 0 Å². The number of aliphatic hydroxyl groups is 5. The number of carboxylic acids is 3. The molecule has 0 unspecified atom stereocenters. The fraction of sp³-hybridized carbons (Fsp3) is 0.806. The molecule has 0 spiro atoms. The SMILES string of the molecule is CN1CC(=O)NC1=N.C[N+](C)(C)CCO.C[N+](C)(C)CCO.C[N+](C)(C)CCO.C[N+](C)(C)CCO.O=C([O-])CC(O)(CC(=O)[O-])C(=O)[O-].O=C[O-]. The normalized spacial score (nSPS) is 12.4. The van der Waals surface area contributed by atoms with Crippen LogP contribution in [0.1, 0.15) is 12.8 Å². The highest BCUT2D eigenvalue weighted by atomic mass is 16.4. The zero-order chi connectivity index (χ0) is 43.2. The predicted octanol–water partition coefficient (Wildman–Crippen LogP) is -9.16. The highest BCUT2D eigenvalue weighted by molar-refractivity contribution is 6.02. The Bertz CT molecular complexity index is 908. The van der Waals surface area contributed by atoms with Crippen LogP contribution < -0.4 is 25.7 Å². The molecule has 0 aromatic heterocycles. The molecule has 1 heterocycles. The molecule has 0 saturated carbocycles. The van der Waals surface area contributed by atoms with E-state index < -0.39 is 42.8 Å². The molecule has 52 heavy (non-hydrogen) atoms. The van der Waals surface area contributed by atoms with Crippen molar-refractivity contribution in [3.8, 4) is 0 Å². The largest absolute Gasteiger partial charge is 0.554 e. The number of guanidine groups is 1. The first-order valence-corrected chi connectivity index (χ1v) is 15.8. The van der Waals surface area contributed by atoms with E-state index in [-0.39, 0.29) is 38.3 Å². The molecule has 0 aliphatic carbocycles. The number of nitrogens with one attached hydrogen (secondary N) is 2. The van der Waals surface area contributed by atoms with Crippen LogP contribution in [-0.2, 0) is 24.0 Å². The maximum absolute atomic E-state index is 10.4. The number of carbonyl (C=O) groups excluding carboxylic acids is 5. The Morgan fingerprint density at radius 3 is 1.00 bits per heavy atom. The van der Waals surface area contributed by atoms with E-state index in [1.54, 1.807) is 11.9 Å². The minimum Gasteiger partial charge on any atom is -0.554 e. The van der Waals surface area contributed by atoms with Gasteiger partial charge in [-0.3, -0.25) is 15.5 Å². The molecule has 0 bridgehead atoms. The van der Waals surface area contributed by atoms with E-state index in [4.69, 9.17) is 40.8 Å². The van der Waals surface area contributed by atoms with Crippen LogP contribution in [0.2, 0.25) is 0 Å². The molecule has 1 amide bonds. The quantitative estimate of drug-likeness (QED) is 0.0677. The number of likely N-dealkylation sites (N-methyl/N-ethyl adjacent to an activating group) is 5. The van der Waals surface area contributed by atoms with Crippen LogP contribution in [0.25, 0.3) is 0 Å². The summed E-state index contributed by atoms with van der Waals surface area (Å²) in [5.41, 5.74) is -2.97. The molecule has 1 saturated heterocycles. The number of amides is 1. The Balaban J connectivity index is -0.000000122. The Hall–Kier alpha value is -3.54. The number of hydrogen-bond donors (Lipinski definition) is 7. The zero-order valence-electron chi connectivity index (χ0n) is 33.5. The van der Waals surface area contributed by atoms with Gasteiger partial charge in [0.25, 0.3) is 0 Å². The molecule has 0 aromatic carbocycles. The highest BCUT2D eigenvalue weighted by Gasteiger charge is 2.29. The van der Waals surface area contributed by atoms with Crippen molar-refractivity contribution in [1.82, 2.24) is 10.2 Å². The van der Waals surface area contributed by atoms with Gasteiger partial charge in [-0.1, -0.05) is 0 Å². The average Bonchev–Trinajstić information content (AvgIpc) is 3.16. The van der Waals surface area contributed by atoms with Gasteiger partial charge in [0.2, 0.25) is 5.91 Å². The number of aliphatic carboxylic acids is 3. The molecule has 1 aliphatic rings. The third-order valence-corrected chi connectivity index (χ3v) is 5.36. The maximum atomic E-state index is 10.4. The summed E-state index contributed by atoms with van der Waals surface area (Å²) in [7, 11) is 26.3. The summed E-state index contributed by atoms with van der Waals surface area (Å²) in [5, 5.41) is 90.0. The Morgan fingerprint density at radius 1 is 0.712 bits per heavy atom. The molecule has 0 atom stereocenters. The van der Waals surface area contributed by atoms with E-state index in [0.717, 1.165) is 44.1 Å². The van der Waals surface area contributed by atoms with E-state index in [1.165, 1.54) is 0 Å². The Labute approximate surface area is 309 Å². The fourth-order valence-electron chi connectivity index (χ4n) is 2.45. The van der Waals surface area contributed by atoms with E-state index in [1.807, 2.05) is 0 Å². The topological polar surface area (TPSA) is 318 Å². The minimum absolute atomic E-state index is 0.0995. The van der Waals surface area contributed by atoms with E-state index in [9.17, 15) is 34.5 Å². The molecule has 21 heteroatoms. The second-order valence-corrected chi connectivity index (χ2v) is 15.2. The second-order valence-electron chi connectivity index (χ2n) is 15.2. The number of rotatable bonds is 13. The first-order chi connectivity index (χ1) is 23.1. The molecule has 0 radical (unpaired) electrons. The van der Waals surface area contributed by atoms with Gasteiger partial charge in [-0.05, 0) is 0 Å². The molecule has 312 valence electrons. The van der Waals surface area contributed by atoms with Crippen molar-refractivity contribution >= 4 is 36.2 Å². The van der Waals surface area contributed by atoms with Crippen molar-refractivity contribution in [2.45, 2.75) is 18.4 Å². The van der Waals surface area contributed by atoms with Crippen LogP contribution >= 0.6 is 0 Å². The van der Waals surface area contributed by atoms with Crippen molar-refractivity contribution in [2.24, 2.45) is 0 Å². The van der Waals surface area contributed by atoms with Crippen LogP contribution in [0.15, 0.2) is 0 Å². The van der Waals surface area contributed by atoms with Crippen molar-refractivity contribution in [1.29, 1.82) is 5.41 Å². The molecule has 0 aromatic rings. The second kappa shape index (κ2) is 31.0. The lowest BCUT2D eigenvalue weighted by Crippen LogP contribution is -2.54. The van der Waals surface area contributed by atoms with Gasteiger partial charge in [0.05, 0.1) is 124 Å². The third kappa shape index (κ3) is 58.7. The average molecular weight is 764 g/mol. The summed E-state index contributed by atoms with van der Waals surface area (Å²) < 4.78 is 3.38. The van der Waals surface area contributed by atoms with E-state index in [2.05, 4.69) is 89.9 Å². The van der Waals surface area contributed by atoms with Crippen molar-refractivity contribution in [3.05, 3.63) is 0 Å². The Morgan fingerprint density at radius 2 is 0.942 bits per heavy atom. The van der Waals surface area contributed by atoms with Gasteiger partial charge in [0, 0.05) is 38.3 Å². The number of aliphatic hydroxyl groups excluding tert-OH is 4. The first-order valence-electron chi connectivity index (χ1n) is 15.8. The molecule has 1 rings (SSSR count). The maximum Gasteiger partial charge on any atom is 0.246 e. The van der Waals surface area contributed by atoms with Gasteiger partial charge in [-0.15, -0.1) is 0 Å². The monoisotopic (exact) mass is 763 g/mol. The van der Waals surface area contributed by atoms with Crippen molar-refractivity contribution < 1.29 is 87.9 Å². The molecule has 21 nitrogen and oxygen atoms in total. The number of carboxylic acid groups (broad SMARTS) is 4. The van der Waals surface area contributed by atoms with Crippen LogP contribution in [0, 0.1) is 5.41 Å². The summed E-state index contributed by atoms with van der Waals surface area (Å²) in [5.74, 6) is -5.89. The zero-order valence-corrected chi connectivity index (χ0v) is 33.5. The highest BCUT2D eigenvalue weighted by Crippen LogP contribution is 2.13. The molecule has 1 fully saturated rings. The summed E-state index contributed by atoms with van der Waals surface area (Å²) in [4.78, 5) is 50.2. The van der Waals surface area contributed by atoms with Crippen molar-refractivity contribution in [3.63, 3.8) is 0 Å². The van der Waals surface area contributed by atoms with Gasteiger partial charge >= 0.3 is 0 Å². The number of nitrogens with zero attached hydrogens (tertiary/aromatic N) is 5. The molecular weight excluding hydrogens is 694 g/mol. The summed E-state index contributed by atoms with van der Waals surface area (Å²) in [6, 6.07) is 0. The lowest BCUT2D eigenvalue weighted by atomic mass is 9.96. The van der Waals surface area contributed by atoms with Crippen molar-refractivity contribution in [2.75, 3.05) is 151 Å².